The predicted octanol–water partition coefficient (Wildman–Crippen LogP) is 3.35. The van der Waals surface area contributed by atoms with Crippen molar-refractivity contribution in [3.05, 3.63) is 22.7 Å². The summed E-state index contributed by atoms with van der Waals surface area (Å²) in [5.41, 5.74) is 0.926. The molecule has 4 nitrogen and oxygen atoms in total. The Balaban J connectivity index is 2.95. The van der Waals surface area contributed by atoms with Crippen LogP contribution in [0.25, 0.3) is 0 Å². The van der Waals surface area contributed by atoms with Crippen LogP contribution in [0.2, 0.25) is 0 Å². The standard InChI is InChI=1S/C13H21BrN2O2S/c1-4-6-10(5-2)16-13-8-7-11(9-12(13)14)19(17,18)15-3/h7-10,15-16H,4-6H2,1-3H3. The number of halogens is 1. The lowest BCUT2D eigenvalue weighted by atomic mass is 10.1. The van der Waals surface area contributed by atoms with Crippen molar-refractivity contribution < 1.29 is 8.42 Å². The molecule has 0 bridgehead atoms. The van der Waals surface area contributed by atoms with Crippen molar-refractivity contribution in [2.75, 3.05) is 12.4 Å². The first-order valence-electron chi connectivity index (χ1n) is 6.44. The highest BCUT2D eigenvalue weighted by molar-refractivity contribution is 9.10. The summed E-state index contributed by atoms with van der Waals surface area (Å²) >= 11 is 3.42. The molecule has 0 amide bonds. The molecule has 0 aliphatic rings. The molecule has 0 saturated carbocycles. The Morgan fingerprint density at radius 3 is 2.47 bits per heavy atom. The van der Waals surface area contributed by atoms with Crippen LogP contribution in [0.15, 0.2) is 27.6 Å². The van der Waals surface area contributed by atoms with Gasteiger partial charge in [-0.1, -0.05) is 20.3 Å². The highest BCUT2D eigenvalue weighted by atomic mass is 79.9. The van der Waals surface area contributed by atoms with Crippen LogP contribution in [0.5, 0.6) is 0 Å². The first-order valence-corrected chi connectivity index (χ1v) is 8.71. The van der Waals surface area contributed by atoms with E-state index in [0.29, 0.717) is 6.04 Å². The lowest BCUT2D eigenvalue weighted by molar-refractivity contribution is 0.588. The highest BCUT2D eigenvalue weighted by Gasteiger charge is 2.14. The second-order valence-corrected chi connectivity index (χ2v) is 7.13. The van der Waals surface area contributed by atoms with Gasteiger partial charge in [0.25, 0.3) is 0 Å². The number of nitrogens with one attached hydrogen (secondary N) is 2. The quantitative estimate of drug-likeness (QED) is 0.794. The molecule has 0 radical (unpaired) electrons. The maximum absolute atomic E-state index is 11.7. The van der Waals surface area contributed by atoms with Gasteiger partial charge in [-0.2, -0.15) is 0 Å². The van der Waals surface area contributed by atoms with Gasteiger partial charge in [0.05, 0.1) is 4.90 Å². The number of hydrogen-bond acceptors (Lipinski definition) is 3. The van der Waals surface area contributed by atoms with Gasteiger partial charge >= 0.3 is 0 Å². The minimum Gasteiger partial charge on any atom is -0.381 e. The molecule has 1 unspecified atom stereocenters. The molecule has 2 N–H and O–H groups in total. The Kier molecular flexibility index (Phi) is 6.29. The molecule has 1 rings (SSSR count). The summed E-state index contributed by atoms with van der Waals surface area (Å²) in [4.78, 5) is 0.260. The van der Waals surface area contributed by atoms with Crippen molar-refractivity contribution in [3.8, 4) is 0 Å². The van der Waals surface area contributed by atoms with Gasteiger partial charge in [0, 0.05) is 16.2 Å². The highest BCUT2D eigenvalue weighted by Crippen LogP contribution is 2.27. The van der Waals surface area contributed by atoms with E-state index in [4.69, 9.17) is 0 Å². The topological polar surface area (TPSA) is 58.2 Å². The van der Waals surface area contributed by atoms with Gasteiger partial charge in [-0.25, -0.2) is 13.1 Å². The fraction of sp³-hybridized carbons (Fsp3) is 0.538. The fourth-order valence-electron chi connectivity index (χ4n) is 1.84. The van der Waals surface area contributed by atoms with Gasteiger partial charge in [-0.3, -0.25) is 0 Å². The normalized spacial score (nSPS) is 13.3. The van der Waals surface area contributed by atoms with E-state index >= 15 is 0 Å². The van der Waals surface area contributed by atoms with Crippen molar-refractivity contribution >= 4 is 31.6 Å². The van der Waals surface area contributed by atoms with E-state index in [2.05, 4.69) is 39.8 Å². The van der Waals surface area contributed by atoms with Gasteiger partial charge in [-0.15, -0.1) is 0 Å². The number of anilines is 1. The van der Waals surface area contributed by atoms with Crippen LogP contribution in [0.4, 0.5) is 5.69 Å². The van der Waals surface area contributed by atoms with Crippen molar-refractivity contribution in [3.63, 3.8) is 0 Å². The summed E-state index contributed by atoms with van der Waals surface area (Å²) in [7, 11) is -1.98. The van der Waals surface area contributed by atoms with E-state index in [1.165, 1.54) is 7.05 Å². The molecule has 6 heteroatoms. The minimum atomic E-state index is -3.39. The number of benzene rings is 1. The van der Waals surface area contributed by atoms with Crippen LogP contribution in [0.3, 0.4) is 0 Å². The Morgan fingerprint density at radius 2 is 2.00 bits per heavy atom. The largest absolute Gasteiger partial charge is 0.381 e. The third kappa shape index (κ3) is 4.47. The molecule has 0 spiro atoms. The molecule has 0 aromatic heterocycles. The van der Waals surface area contributed by atoms with Crippen LogP contribution in [0, 0.1) is 0 Å². The van der Waals surface area contributed by atoms with Gasteiger partial charge in [-0.05, 0) is 54.0 Å². The zero-order chi connectivity index (χ0) is 14.5. The van der Waals surface area contributed by atoms with Crippen LogP contribution >= 0.6 is 15.9 Å². The van der Waals surface area contributed by atoms with Gasteiger partial charge < -0.3 is 5.32 Å². The third-order valence-corrected chi connectivity index (χ3v) is 5.08. The first-order chi connectivity index (χ1) is 8.94. The molecule has 1 atom stereocenters. The van der Waals surface area contributed by atoms with E-state index in [9.17, 15) is 8.42 Å². The van der Waals surface area contributed by atoms with E-state index in [0.717, 1.165) is 29.4 Å². The van der Waals surface area contributed by atoms with Gasteiger partial charge in [0.1, 0.15) is 0 Å². The Labute approximate surface area is 124 Å². The van der Waals surface area contributed by atoms with Gasteiger partial charge in [0.2, 0.25) is 10.0 Å². The molecule has 0 fully saturated rings. The zero-order valence-electron chi connectivity index (χ0n) is 11.5. The third-order valence-electron chi connectivity index (χ3n) is 3.01. The lowest BCUT2D eigenvalue weighted by Crippen LogP contribution is -2.20. The molecule has 0 heterocycles. The summed E-state index contributed by atoms with van der Waals surface area (Å²) in [6, 6.07) is 5.44. The molecular weight excluding hydrogens is 328 g/mol. The van der Waals surface area contributed by atoms with E-state index in [1.807, 2.05) is 0 Å². The molecular formula is C13H21BrN2O2S. The minimum absolute atomic E-state index is 0.260. The Bertz CT molecular complexity index is 517. The van der Waals surface area contributed by atoms with Crippen LogP contribution in [-0.2, 0) is 10.0 Å². The first kappa shape index (κ1) is 16.5. The zero-order valence-corrected chi connectivity index (χ0v) is 13.9. The molecule has 108 valence electrons. The van der Waals surface area contributed by atoms with E-state index < -0.39 is 10.0 Å². The smallest absolute Gasteiger partial charge is 0.240 e. The van der Waals surface area contributed by atoms with Crippen molar-refractivity contribution in [1.29, 1.82) is 0 Å². The number of rotatable bonds is 7. The van der Waals surface area contributed by atoms with Crippen LogP contribution in [-0.4, -0.2) is 21.5 Å². The maximum Gasteiger partial charge on any atom is 0.240 e. The Morgan fingerprint density at radius 1 is 1.32 bits per heavy atom. The lowest BCUT2D eigenvalue weighted by Gasteiger charge is -2.19. The van der Waals surface area contributed by atoms with Crippen LogP contribution < -0.4 is 10.0 Å². The molecule has 0 aliphatic carbocycles. The molecule has 1 aromatic rings. The molecule has 19 heavy (non-hydrogen) atoms. The average molecular weight is 349 g/mol. The molecule has 0 aliphatic heterocycles. The van der Waals surface area contributed by atoms with Gasteiger partial charge in [0.15, 0.2) is 0 Å². The van der Waals surface area contributed by atoms with Crippen molar-refractivity contribution in [2.45, 2.75) is 44.0 Å². The number of sulfonamides is 1. The molecule has 1 aromatic carbocycles. The average Bonchev–Trinajstić information content (AvgIpc) is 2.40. The Hall–Kier alpha value is -0.590. The second-order valence-electron chi connectivity index (χ2n) is 4.39. The molecule has 0 saturated heterocycles. The SMILES string of the molecule is CCCC(CC)Nc1ccc(S(=O)(=O)NC)cc1Br. The van der Waals surface area contributed by atoms with E-state index in [-0.39, 0.29) is 4.90 Å². The predicted molar refractivity (Wildman–Crippen MR) is 83.0 cm³/mol. The monoisotopic (exact) mass is 348 g/mol. The maximum atomic E-state index is 11.7. The van der Waals surface area contributed by atoms with Crippen molar-refractivity contribution in [2.24, 2.45) is 0 Å². The summed E-state index contributed by atoms with van der Waals surface area (Å²) in [5, 5.41) is 3.43. The summed E-state index contributed by atoms with van der Waals surface area (Å²) in [6.45, 7) is 4.29. The summed E-state index contributed by atoms with van der Waals surface area (Å²) in [6.07, 6.45) is 3.26. The summed E-state index contributed by atoms with van der Waals surface area (Å²) < 4.78 is 26.5. The fourth-order valence-corrected chi connectivity index (χ4v) is 3.25. The van der Waals surface area contributed by atoms with Crippen molar-refractivity contribution in [1.82, 2.24) is 4.72 Å². The van der Waals surface area contributed by atoms with E-state index in [1.54, 1.807) is 18.2 Å². The summed E-state index contributed by atoms with van der Waals surface area (Å²) in [5.74, 6) is 0. The second kappa shape index (κ2) is 7.26. The number of hydrogen-bond donors (Lipinski definition) is 2. The van der Waals surface area contributed by atoms with Crippen LogP contribution in [0.1, 0.15) is 33.1 Å².